The minimum atomic E-state index is -0.254. The van der Waals surface area contributed by atoms with E-state index in [1.54, 1.807) is 0 Å². The smallest absolute Gasteiger partial charge is 0.144 e. The first kappa shape index (κ1) is 17.2. The Kier molecular flexibility index (Phi) is 8.75. The first-order valence-electron chi connectivity index (χ1n) is 6.57. The van der Waals surface area contributed by atoms with Crippen molar-refractivity contribution in [2.45, 2.75) is 53.1 Å². The molecule has 0 fully saturated rings. The molecule has 0 aromatic heterocycles. The molecular weight excluding hydrogens is 232 g/mol. The van der Waals surface area contributed by atoms with Gasteiger partial charge in [-0.3, -0.25) is 0 Å². The summed E-state index contributed by atoms with van der Waals surface area (Å²) in [4.78, 5) is 0. The summed E-state index contributed by atoms with van der Waals surface area (Å²) >= 11 is 0. The van der Waals surface area contributed by atoms with Gasteiger partial charge in [0.1, 0.15) is 5.84 Å². The second-order valence-corrected chi connectivity index (χ2v) is 5.36. The Labute approximate surface area is 110 Å². The van der Waals surface area contributed by atoms with Crippen LogP contribution < -0.4 is 5.73 Å². The molecule has 0 radical (unpaired) electrons. The molecule has 0 bridgehead atoms. The number of nitrogens with two attached hydrogens (primary N) is 1. The Morgan fingerprint density at radius 3 is 2.44 bits per heavy atom. The van der Waals surface area contributed by atoms with E-state index in [-0.39, 0.29) is 17.4 Å². The summed E-state index contributed by atoms with van der Waals surface area (Å²) < 4.78 is 10.8. The molecule has 0 saturated carbocycles. The van der Waals surface area contributed by atoms with Gasteiger partial charge >= 0.3 is 0 Å². The van der Waals surface area contributed by atoms with Crippen LogP contribution in [0.1, 0.15) is 47.0 Å². The number of hydrogen-bond donors (Lipinski definition) is 2. The predicted molar refractivity (Wildman–Crippen MR) is 72.9 cm³/mol. The number of rotatable bonds is 10. The van der Waals surface area contributed by atoms with Crippen LogP contribution in [0.4, 0.5) is 0 Å². The molecule has 5 heteroatoms. The summed E-state index contributed by atoms with van der Waals surface area (Å²) in [6.07, 6.45) is 3.11. The van der Waals surface area contributed by atoms with Gasteiger partial charge in [0.05, 0.1) is 19.3 Å². The predicted octanol–water partition coefficient (Wildman–Crippen LogP) is 2.37. The van der Waals surface area contributed by atoms with Crippen molar-refractivity contribution in [2.75, 3.05) is 19.8 Å². The third kappa shape index (κ3) is 8.31. The topological polar surface area (TPSA) is 77.1 Å². The zero-order valence-electron chi connectivity index (χ0n) is 12.1. The van der Waals surface area contributed by atoms with Crippen molar-refractivity contribution >= 4 is 5.84 Å². The molecule has 0 unspecified atom stereocenters. The van der Waals surface area contributed by atoms with Gasteiger partial charge in [-0.05, 0) is 26.7 Å². The van der Waals surface area contributed by atoms with Crippen LogP contribution in [0, 0.1) is 5.41 Å². The van der Waals surface area contributed by atoms with Crippen LogP contribution in [0.5, 0.6) is 0 Å². The second-order valence-electron chi connectivity index (χ2n) is 5.36. The average molecular weight is 260 g/mol. The van der Waals surface area contributed by atoms with Crippen LogP contribution in [-0.2, 0) is 9.47 Å². The maximum atomic E-state index is 8.64. The minimum Gasteiger partial charge on any atom is -0.409 e. The second kappa shape index (κ2) is 9.16. The summed E-state index contributed by atoms with van der Waals surface area (Å²) in [5, 5.41) is 11.7. The van der Waals surface area contributed by atoms with E-state index in [0.717, 1.165) is 25.9 Å². The molecule has 0 aromatic carbocycles. The number of unbranched alkanes of at least 4 members (excludes halogenated alkanes) is 1. The van der Waals surface area contributed by atoms with Gasteiger partial charge in [-0.25, -0.2) is 0 Å². The molecule has 5 nitrogen and oxygen atoms in total. The van der Waals surface area contributed by atoms with Crippen molar-refractivity contribution in [1.29, 1.82) is 0 Å². The molecular formula is C13H28N2O3. The molecule has 0 saturated heterocycles. The largest absolute Gasteiger partial charge is 0.409 e. The van der Waals surface area contributed by atoms with Gasteiger partial charge in [0.25, 0.3) is 0 Å². The molecule has 0 atom stereocenters. The van der Waals surface area contributed by atoms with E-state index in [1.807, 2.05) is 27.7 Å². The van der Waals surface area contributed by atoms with E-state index in [4.69, 9.17) is 20.4 Å². The van der Waals surface area contributed by atoms with Gasteiger partial charge in [-0.2, -0.15) is 0 Å². The van der Waals surface area contributed by atoms with Gasteiger partial charge in [0, 0.05) is 12.0 Å². The van der Waals surface area contributed by atoms with Crippen LogP contribution in [0.15, 0.2) is 5.16 Å². The number of hydrogen-bond acceptors (Lipinski definition) is 4. The highest BCUT2D eigenvalue weighted by Gasteiger charge is 2.22. The monoisotopic (exact) mass is 260 g/mol. The SMILES string of the molecule is CC(C)OCCOCCCCC(C)(C)C(N)=NO. The Morgan fingerprint density at radius 2 is 1.89 bits per heavy atom. The van der Waals surface area contributed by atoms with E-state index >= 15 is 0 Å². The van der Waals surface area contributed by atoms with E-state index in [9.17, 15) is 0 Å². The van der Waals surface area contributed by atoms with Crippen LogP contribution in [-0.4, -0.2) is 37.0 Å². The molecule has 0 aliphatic carbocycles. The van der Waals surface area contributed by atoms with Crippen molar-refractivity contribution in [1.82, 2.24) is 0 Å². The van der Waals surface area contributed by atoms with E-state index in [0.29, 0.717) is 13.2 Å². The summed E-state index contributed by atoms with van der Waals surface area (Å²) in [6.45, 7) is 9.98. The lowest BCUT2D eigenvalue weighted by atomic mass is 9.86. The van der Waals surface area contributed by atoms with Gasteiger partial charge in [0.15, 0.2) is 0 Å². The van der Waals surface area contributed by atoms with Crippen LogP contribution in [0.3, 0.4) is 0 Å². The van der Waals surface area contributed by atoms with E-state index in [2.05, 4.69) is 5.16 Å². The number of ether oxygens (including phenoxy) is 2. The van der Waals surface area contributed by atoms with Crippen LogP contribution in [0.2, 0.25) is 0 Å². The van der Waals surface area contributed by atoms with Crippen LogP contribution in [0.25, 0.3) is 0 Å². The average Bonchev–Trinajstić information content (AvgIpc) is 2.30. The molecule has 18 heavy (non-hydrogen) atoms. The van der Waals surface area contributed by atoms with Gasteiger partial charge < -0.3 is 20.4 Å². The maximum absolute atomic E-state index is 8.64. The molecule has 0 amide bonds. The molecule has 3 N–H and O–H groups in total. The molecule has 0 aliphatic rings. The molecule has 108 valence electrons. The first-order valence-corrected chi connectivity index (χ1v) is 6.57. The highest BCUT2D eigenvalue weighted by molar-refractivity contribution is 5.85. The number of nitrogens with zero attached hydrogens (tertiary/aromatic N) is 1. The maximum Gasteiger partial charge on any atom is 0.144 e. The lowest BCUT2D eigenvalue weighted by molar-refractivity contribution is 0.0184. The molecule has 0 aliphatic heterocycles. The fourth-order valence-electron chi connectivity index (χ4n) is 1.48. The summed E-state index contributed by atoms with van der Waals surface area (Å²) in [5.74, 6) is 0.286. The van der Waals surface area contributed by atoms with Gasteiger partial charge in [0.2, 0.25) is 0 Å². The molecule has 0 rings (SSSR count). The fraction of sp³-hybridized carbons (Fsp3) is 0.923. The Bertz CT molecular complexity index is 240. The lowest BCUT2D eigenvalue weighted by Crippen LogP contribution is -2.31. The van der Waals surface area contributed by atoms with Crippen molar-refractivity contribution in [3.8, 4) is 0 Å². The van der Waals surface area contributed by atoms with Crippen LogP contribution >= 0.6 is 0 Å². The zero-order valence-corrected chi connectivity index (χ0v) is 12.1. The number of oxime groups is 1. The number of amidine groups is 1. The lowest BCUT2D eigenvalue weighted by Gasteiger charge is -2.22. The Balaban J connectivity index is 3.46. The molecule has 0 aromatic rings. The Hall–Kier alpha value is -0.810. The minimum absolute atomic E-state index is 0.254. The molecule has 0 spiro atoms. The standard InChI is InChI=1S/C13H28N2O3/c1-11(2)18-10-9-17-8-6-5-7-13(3,4)12(14)15-16/h11,16H,5-10H2,1-4H3,(H2,14,15). The third-order valence-corrected chi connectivity index (χ3v) is 2.82. The zero-order chi connectivity index (χ0) is 14.0. The third-order valence-electron chi connectivity index (χ3n) is 2.82. The summed E-state index contributed by atoms with van der Waals surface area (Å²) in [7, 11) is 0. The van der Waals surface area contributed by atoms with Crippen molar-refractivity contribution < 1.29 is 14.7 Å². The first-order chi connectivity index (χ1) is 8.40. The summed E-state index contributed by atoms with van der Waals surface area (Å²) in [5.41, 5.74) is 5.36. The highest BCUT2D eigenvalue weighted by Crippen LogP contribution is 2.23. The van der Waals surface area contributed by atoms with E-state index < -0.39 is 0 Å². The highest BCUT2D eigenvalue weighted by atomic mass is 16.5. The molecule has 0 heterocycles. The normalized spacial score (nSPS) is 13.3. The van der Waals surface area contributed by atoms with Gasteiger partial charge in [-0.15, -0.1) is 0 Å². The van der Waals surface area contributed by atoms with Crippen molar-refractivity contribution in [3.05, 3.63) is 0 Å². The summed E-state index contributed by atoms with van der Waals surface area (Å²) in [6, 6.07) is 0. The Morgan fingerprint density at radius 1 is 1.22 bits per heavy atom. The fourth-order valence-corrected chi connectivity index (χ4v) is 1.48. The van der Waals surface area contributed by atoms with E-state index in [1.165, 1.54) is 0 Å². The van der Waals surface area contributed by atoms with Gasteiger partial charge in [-0.1, -0.05) is 25.4 Å². The van der Waals surface area contributed by atoms with Crippen molar-refractivity contribution in [3.63, 3.8) is 0 Å². The van der Waals surface area contributed by atoms with Crippen molar-refractivity contribution in [2.24, 2.45) is 16.3 Å². The quantitative estimate of drug-likeness (QED) is 0.208.